The summed E-state index contributed by atoms with van der Waals surface area (Å²) in [6.07, 6.45) is 1.65. The van der Waals surface area contributed by atoms with Gasteiger partial charge in [0.05, 0.1) is 32.2 Å². The number of aromatic nitrogens is 2. The summed E-state index contributed by atoms with van der Waals surface area (Å²) >= 11 is 15.2. The van der Waals surface area contributed by atoms with Gasteiger partial charge in [0, 0.05) is 22.6 Å². The molecule has 0 atom stereocenters. The normalized spacial score (nSPS) is 11.5. The molecule has 2 heterocycles. The number of fused-ring (bicyclic) bond motifs is 1. The average Bonchev–Trinajstić information content (AvgIpc) is 3.29. The lowest BCUT2D eigenvalue weighted by Gasteiger charge is -2.10. The van der Waals surface area contributed by atoms with E-state index in [1.807, 2.05) is 56.3 Å². The molecule has 0 radical (unpaired) electrons. The van der Waals surface area contributed by atoms with E-state index in [0.29, 0.717) is 10.0 Å². The summed E-state index contributed by atoms with van der Waals surface area (Å²) in [5.41, 5.74) is 7.37. The Kier molecular flexibility index (Phi) is 6.67. The molecule has 1 amide bonds. The SMILES string of the molecule is Cc1cc(C=NNC(=O)CSc2nc3ccccc3s2)c(C)n1-c1ccc(Cl)c(Cl)c1. The van der Waals surface area contributed by atoms with Gasteiger partial charge in [-0.1, -0.05) is 47.1 Å². The molecule has 4 rings (SSSR count). The number of hydrogen-bond donors (Lipinski definition) is 1. The second-order valence-electron chi connectivity index (χ2n) is 6.79. The number of halogens is 2. The Bertz CT molecular complexity index is 1260. The zero-order valence-corrected chi connectivity index (χ0v) is 19.9. The molecule has 0 saturated carbocycles. The van der Waals surface area contributed by atoms with Gasteiger partial charge in [-0.3, -0.25) is 4.79 Å². The topological polar surface area (TPSA) is 59.3 Å². The zero-order valence-electron chi connectivity index (χ0n) is 16.7. The van der Waals surface area contributed by atoms with Crippen molar-refractivity contribution in [1.82, 2.24) is 15.0 Å². The van der Waals surface area contributed by atoms with E-state index in [1.165, 1.54) is 11.8 Å². The maximum absolute atomic E-state index is 12.2. The first-order valence-electron chi connectivity index (χ1n) is 9.37. The number of aryl methyl sites for hydroxylation is 1. The van der Waals surface area contributed by atoms with Crippen LogP contribution >= 0.6 is 46.3 Å². The van der Waals surface area contributed by atoms with Gasteiger partial charge in [-0.25, -0.2) is 10.4 Å². The van der Waals surface area contributed by atoms with E-state index in [2.05, 4.69) is 20.1 Å². The Balaban J connectivity index is 1.39. The highest BCUT2D eigenvalue weighted by Crippen LogP contribution is 2.29. The third-order valence-corrected chi connectivity index (χ3v) is 7.54. The number of amides is 1. The summed E-state index contributed by atoms with van der Waals surface area (Å²) < 4.78 is 4.04. The number of hydrogen-bond acceptors (Lipinski definition) is 5. The molecule has 0 aliphatic heterocycles. The minimum absolute atomic E-state index is 0.182. The highest BCUT2D eigenvalue weighted by molar-refractivity contribution is 8.01. The number of rotatable bonds is 6. The van der Waals surface area contributed by atoms with Gasteiger partial charge in [-0.05, 0) is 50.2 Å². The van der Waals surface area contributed by atoms with Crippen molar-refractivity contribution in [2.24, 2.45) is 5.10 Å². The molecular weight excluding hydrogens is 471 g/mol. The molecule has 5 nitrogen and oxygen atoms in total. The second-order valence-corrected chi connectivity index (χ2v) is 9.86. The summed E-state index contributed by atoms with van der Waals surface area (Å²) in [5.74, 6) is 0.0678. The lowest BCUT2D eigenvalue weighted by Crippen LogP contribution is -2.19. The van der Waals surface area contributed by atoms with Gasteiger partial charge in [0.1, 0.15) is 0 Å². The van der Waals surface area contributed by atoms with Crippen molar-refractivity contribution in [3.8, 4) is 5.69 Å². The lowest BCUT2D eigenvalue weighted by atomic mass is 10.2. The first-order valence-corrected chi connectivity index (χ1v) is 11.9. The number of thioether (sulfide) groups is 1. The Labute approximate surface area is 198 Å². The third-order valence-electron chi connectivity index (χ3n) is 4.63. The lowest BCUT2D eigenvalue weighted by molar-refractivity contribution is -0.118. The fraction of sp³-hybridized carbons (Fsp3) is 0.136. The van der Waals surface area contributed by atoms with Gasteiger partial charge in [0.2, 0.25) is 0 Å². The number of para-hydroxylation sites is 1. The standard InChI is InChI=1S/C22H18Cl2N4OS2/c1-13-9-15(14(2)28(13)16-7-8-17(23)18(24)10-16)11-25-27-21(29)12-30-22-26-19-5-3-4-6-20(19)31-22/h3-11H,12H2,1-2H3,(H,27,29). The maximum atomic E-state index is 12.2. The first-order chi connectivity index (χ1) is 14.9. The van der Waals surface area contributed by atoms with Crippen molar-refractivity contribution >= 4 is 68.6 Å². The highest BCUT2D eigenvalue weighted by atomic mass is 35.5. The summed E-state index contributed by atoms with van der Waals surface area (Å²) in [6, 6.07) is 15.4. The molecule has 0 fully saturated rings. The fourth-order valence-corrected chi connectivity index (χ4v) is 5.34. The van der Waals surface area contributed by atoms with Crippen LogP contribution in [0.3, 0.4) is 0 Å². The minimum Gasteiger partial charge on any atom is -0.318 e. The molecule has 0 aliphatic carbocycles. The van der Waals surface area contributed by atoms with Crippen LogP contribution in [-0.2, 0) is 4.79 Å². The quantitative estimate of drug-likeness (QED) is 0.198. The zero-order chi connectivity index (χ0) is 22.0. The van der Waals surface area contributed by atoms with E-state index >= 15 is 0 Å². The first kappa shape index (κ1) is 21.9. The van der Waals surface area contributed by atoms with E-state index in [1.54, 1.807) is 23.6 Å². The third kappa shape index (κ3) is 4.96. The second kappa shape index (κ2) is 9.44. The highest BCUT2D eigenvalue weighted by Gasteiger charge is 2.11. The Hall–Kier alpha value is -2.32. The van der Waals surface area contributed by atoms with Gasteiger partial charge >= 0.3 is 0 Å². The monoisotopic (exact) mass is 488 g/mol. The Morgan fingerprint density at radius 3 is 2.77 bits per heavy atom. The van der Waals surface area contributed by atoms with Crippen LogP contribution in [0.2, 0.25) is 10.0 Å². The number of nitrogens with one attached hydrogen (secondary N) is 1. The van der Waals surface area contributed by atoms with Gasteiger partial charge in [0.25, 0.3) is 5.91 Å². The molecule has 1 N–H and O–H groups in total. The van der Waals surface area contributed by atoms with Crippen LogP contribution < -0.4 is 5.43 Å². The predicted molar refractivity (Wildman–Crippen MR) is 131 cm³/mol. The largest absolute Gasteiger partial charge is 0.318 e. The van der Waals surface area contributed by atoms with Crippen molar-refractivity contribution in [3.63, 3.8) is 0 Å². The van der Waals surface area contributed by atoms with Crippen LogP contribution in [-0.4, -0.2) is 27.4 Å². The number of thiazole rings is 1. The number of benzene rings is 2. The van der Waals surface area contributed by atoms with Crippen LogP contribution in [0.15, 0.2) is 58.0 Å². The smallest absolute Gasteiger partial charge is 0.250 e. The number of carbonyl (C=O) groups is 1. The molecular formula is C22H18Cl2N4OS2. The van der Waals surface area contributed by atoms with E-state index in [9.17, 15) is 4.79 Å². The van der Waals surface area contributed by atoms with Gasteiger partial charge < -0.3 is 4.57 Å². The van der Waals surface area contributed by atoms with Crippen LogP contribution in [0, 0.1) is 13.8 Å². The molecule has 0 saturated heterocycles. The van der Waals surface area contributed by atoms with Crippen molar-refractivity contribution in [3.05, 3.63) is 75.5 Å². The summed E-state index contributed by atoms with van der Waals surface area (Å²) in [6.45, 7) is 3.99. The van der Waals surface area contributed by atoms with Gasteiger partial charge in [0.15, 0.2) is 4.34 Å². The van der Waals surface area contributed by atoms with Crippen molar-refractivity contribution in [2.75, 3.05) is 5.75 Å². The van der Waals surface area contributed by atoms with E-state index < -0.39 is 0 Å². The predicted octanol–water partition coefficient (Wildman–Crippen LogP) is 6.25. The minimum atomic E-state index is -0.182. The van der Waals surface area contributed by atoms with Crippen molar-refractivity contribution in [1.29, 1.82) is 0 Å². The van der Waals surface area contributed by atoms with Gasteiger partial charge in [-0.15, -0.1) is 11.3 Å². The van der Waals surface area contributed by atoms with Crippen molar-refractivity contribution < 1.29 is 4.79 Å². The van der Waals surface area contributed by atoms with E-state index in [-0.39, 0.29) is 11.7 Å². The number of nitrogens with zero attached hydrogens (tertiary/aromatic N) is 3. The molecule has 9 heteroatoms. The molecule has 31 heavy (non-hydrogen) atoms. The number of carbonyl (C=O) groups excluding carboxylic acids is 1. The maximum Gasteiger partial charge on any atom is 0.250 e. The molecule has 0 bridgehead atoms. The van der Waals surface area contributed by atoms with E-state index in [0.717, 1.165) is 37.2 Å². The molecule has 0 spiro atoms. The Morgan fingerprint density at radius 2 is 2.00 bits per heavy atom. The van der Waals surface area contributed by atoms with Gasteiger partial charge in [-0.2, -0.15) is 5.10 Å². The molecule has 2 aromatic heterocycles. The molecule has 0 unspecified atom stereocenters. The van der Waals surface area contributed by atoms with Crippen LogP contribution in [0.25, 0.3) is 15.9 Å². The van der Waals surface area contributed by atoms with Crippen LogP contribution in [0.5, 0.6) is 0 Å². The van der Waals surface area contributed by atoms with E-state index in [4.69, 9.17) is 23.2 Å². The summed E-state index contributed by atoms with van der Waals surface area (Å²) in [7, 11) is 0. The Morgan fingerprint density at radius 1 is 1.19 bits per heavy atom. The summed E-state index contributed by atoms with van der Waals surface area (Å²) in [5, 5.41) is 5.14. The fourth-order valence-electron chi connectivity index (χ4n) is 3.19. The van der Waals surface area contributed by atoms with Crippen LogP contribution in [0.1, 0.15) is 17.0 Å². The molecule has 2 aromatic carbocycles. The molecule has 4 aromatic rings. The summed E-state index contributed by atoms with van der Waals surface area (Å²) in [4.78, 5) is 16.7. The number of hydrazone groups is 1. The molecule has 158 valence electrons. The van der Waals surface area contributed by atoms with Crippen LogP contribution in [0.4, 0.5) is 0 Å². The average molecular weight is 489 g/mol. The molecule has 0 aliphatic rings. The van der Waals surface area contributed by atoms with Crippen molar-refractivity contribution in [2.45, 2.75) is 18.2 Å².